The van der Waals surface area contributed by atoms with E-state index in [1.165, 1.54) is 96.3 Å². The van der Waals surface area contributed by atoms with Gasteiger partial charge in [-0.25, -0.2) is 0 Å². The first-order valence-electron chi connectivity index (χ1n) is 9.39. The maximum absolute atomic E-state index is 7.69. The standard InChI is InChI=1S/C18H33ClP.Pd/c19-20(16-10-4-1-5-11-16,17-12-6-2-7-13-17)18-14-8-3-9-15-18;/h16-18H,1-15H2;/q+1;. The van der Waals surface area contributed by atoms with E-state index in [0.717, 1.165) is 17.0 Å². The second-order valence-corrected chi connectivity index (χ2v) is 13.0. The molecule has 21 heavy (non-hydrogen) atoms. The fourth-order valence-electron chi connectivity index (χ4n) is 5.32. The van der Waals surface area contributed by atoms with Crippen molar-refractivity contribution in [1.82, 2.24) is 0 Å². The number of hydrogen-bond acceptors (Lipinski definition) is 0. The fourth-order valence-corrected chi connectivity index (χ4v) is 12.3. The van der Waals surface area contributed by atoms with Gasteiger partial charge in [0.25, 0.3) is 0 Å². The summed E-state index contributed by atoms with van der Waals surface area (Å²) in [5.74, 6) is 0. The minimum Gasteiger partial charge on any atom is -0.0530 e. The molecular formula is C18H33ClPPd+. The molecule has 0 saturated heterocycles. The second kappa shape index (κ2) is 9.02. The first-order valence-corrected chi connectivity index (χ1v) is 12.3. The molecule has 0 radical (unpaired) electrons. The van der Waals surface area contributed by atoms with Crippen LogP contribution in [0.4, 0.5) is 0 Å². The van der Waals surface area contributed by atoms with Crippen LogP contribution in [0.5, 0.6) is 0 Å². The van der Waals surface area contributed by atoms with Gasteiger partial charge in [-0.15, -0.1) is 0 Å². The number of rotatable bonds is 3. The average Bonchev–Trinajstić information content (AvgIpc) is 2.56. The second-order valence-electron chi connectivity index (χ2n) is 7.62. The van der Waals surface area contributed by atoms with Gasteiger partial charge in [0.15, 0.2) is 0 Å². The number of hydrogen-bond donors (Lipinski definition) is 0. The van der Waals surface area contributed by atoms with Gasteiger partial charge in [-0.2, -0.15) is 0 Å². The van der Waals surface area contributed by atoms with Gasteiger partial charge in [0.2, 0.25) is 0 Å². The van der Waals surface area contributed by atoms with Crippen LogP contribution in [-0.2, 0) is 20.4 Å². The van der Waals surface area contributed by atoms with E-state index in [2.05, 4.69) is 0 Å². The third-order valence-corrected chi connectivity index (χ3v) is 13.8. The molecule has 0 aromatic carbocycles. The van der Waals surface area contributed by atoms with Crippen LogP contribution in [0.1, 0.15) is 96.3 Å². The van der Waals surface area contributed by atoms with Crippen molar-refractivity contribution in [3.8, 4) is 0 Å². The van der Waals surface area contributed by atoms with E-state index in [1.54, 1.807) is 0 Å². The number of halogens is 1. The third kappa shape index (κ3) is 4.27. The molecule has 0 spiro atoms. The molecule has 3 rings (SSSR count). The zero-order valence-corrected chi connectivity index (χ0v) is 16.7. The molecule has 0 bridgehead atoms. The van der Waals surface area contributed by atoms with Crippen LogP contribution < -0.4 is 0 Å². The van der Waals surface area contributed by atoms with Gasteiger partial charge in [-0.3, -0.25) is 0 Å². The first-order chi connectivity index (χ1) is 9.82. The van der Waals surface area contributed by atoms with Crippen LogP contribution in [-0.4, -0.2) is 17.0 Å². The zero-order chi connectivity index (χ0) is 13.8. The van der Waals surface area contributed by atoms with Crippen molar-refractivity contribution in [2.75, 3.05) is 0 Å². The van der Waals surface area contributed by atoms with Gasteiger partial charge in [0, 0.05) is 20.4 Å². The molecule has 3 saturated carbocycles. The summed E-state index contributed by atoms with van der Waals surface area (Å²) in [7, 11) is 0. The molecule has 0 aromatic rings. The van der Waals surface area contributed by atoms with Crippen molar-refractivity contribution in [1.29, 1.82) is 0 Å². The summed E-state index contributed by atoms with van der Waals surface area (Å²) in [6.07, 6.45) is 22.1. The topological polar surface area (TPSA) is 0 Å². The van der Waals surface area contributed by atoms with Crippen LogP contribution in [0, 0.1) is 0 Å². The van der Waals surface area contributed by atoms with Gasteiger partial charge in [0.05, 0.1) is 28.2 Å². The molecule has 0 aromatic heterocycles. The maximum atomic E-state index is 7.69. The minimum atomic E-state index is -1.22. The summed E-state index contributed by atoms with van der Waals surface area (Å²) in [5, 5.41) is 0. The summed E-state index contributed by atoms with van der Waals surface area (Å²) >= 11 is 7.69. The summed E-state index contributed by atoms with van der Waals surface area (Å²) in [5.41, 5.74) is 2.84. The molecule has 0 heterocycles. The Kier molecular flexibility index (Phi) is 8.04. The third-order valence-electron chi connectivity index (χ3n) is 6.40. The summed E-state index contributed by atoms with van der Waals surface area (Å²) < 4.78 is 0. The largest absolute Gasteiger partial charge is 0.122 e. The van der Waals surface area contributed by atoms with E-state index in [4.69, 9.17) is 11.2 Å². The van der Waals surface area contributed by atoms with Crippen molar-refractivity contribution in [3.05, 3.63) is 0 Å². The van der Waals surface area contributed by atoms with Crippen LogP contribution in [0.25, 0.3) is 0 Å². The monoisotopic (exact) mass is 421 g/mol. The van der Waals surface area contributed by atoms with Gasteiger partial charge < -0.3 is 0 Å². The quantitative estimate of drug-likeness (QED) is 0.335. The van der Waals surface area contributed by atoms with Crippen molar-refractivity contribution in [2.45, 2.75) is 113 Å². The molecule has 0 amide bonds. The molecular weight excluding hydrogens is 389 g/mol. The van der Waals surface area contributed by atoms with Crippen molar-refractivity contribution in [3.63, 3.8) is 0 Å². The Morgan fingerprint density at radius 3 is 0.952 bits per heavy atom. The van der Waals surface area contributed by atoms with E-state index < -0.39 is 6.62 Å². The van der Waals surface area contributed by atoms with E-state index in [0.29, 0.717) is 0 Å². The van der Waals surface area contributed by atoms with Crippen molar-refractivity contribution >= 4 is 17.9 Å². The van der Waals surface area contributed by atoms with Crippen LogP contribution in [0.2, 0.25) is 0 Å². The average molecular weight is 422 g/mol. The smallest absolute Gasteiger partial charge is 0.0530 e. The molecule has 3 heteroatoms. The predicted molar refractivity (Wildman–Crippen MR) is 93.4 cm³/mol. The van der Waals surface area contributed by atoms with Gasteiger partial charge in [-0.1, -0.05) is 19.3 Å². The minimum absolute atomic E-state index is 0. The van der Waals surface area contributed by atoms with Gasteiger partial charge >= 0.3 is 0 Å². The zero-order valence-electron chi connectivity index (χ0n) is 13.5. The van der Waals surface area contributed by atoms with Gasteiger partial charge in [0.1, 0.15) is 6.62 Å². The molecule has 3 aliphatic carbocycles. The Hall–Kier alpha value is 1.38. The van der Waals surface area contributed by atoms with Crippen molar-refractivity contribution in [2.24, 2.45) is 0 Å². The molecule has 0 unspecified atom stereocenters. The molecule has 0 atom stereocenters. The molecule has 0 aliphatic heterocycles. The van der Waals surface area contributed by atoms with Crippen molar-refractivity contribution < 1.29 is 20.4 Å². The molecule has 3 aliphatic rings. The summed E-state index contributed by atoms with van der Waals surface area (Å²) in [6.45, 7) is -1.22. The summed E-state index contributed by atoms with van der Waals surface area (Å²) in [6, 6.07) is 0. The first kappa shape index (κ1) is 18.7. The molecule has 3 fully saturated rings. The Morgan fingerprint density at radius 1 is 0.476 bits per heavy atom. The van der Waals surface area contributed by atoms with Crippen LogP contribution >= 0.6 is 17.9 Å². The maximum Gasteiger partial charge on any atom is 0.122 e. The van der Waals surface area contributed by atoms with Crippen LogP contribution in [0.15, 0.2) is 0 Å². The molecule has 0 nitrogen and oxygen atoms in total. The summed E-state index contributed by atoms with van der Waals surface area (Å²) in [4.78, 5) is 0. The molecule has 0 N–H and O–H groups in total. The Balaban J connectivity index is 0.00000161. The molecule has 126 valence electrons. The van der Waals surface area contributed by atoms with Gasteiger partial charge in [-0.05, 0) is 77.0 Å². The van der Waals surface area contributed by atoms with E-state index in [9.17, 15) is 0 Å². The Bertz CT molecular complexity index is 246. The van der Waals surface area contributed by atoms with E-state index in [-0.39, 0.29) is 20.4 Å². The van der Waals surface area contributed by atoms with E-state index in [1.807, 2.05) is 0 Å². The fraction of sp³-hybridized carbons (Fsp3) is 1.00. The van der Waals surface area contributed by atoms with Crippen LogP contribution in [0.3, 0.4) is 0 Å². The predicted octanol–water partition coefficient (Wildman–Crippen LogP) is 7.15. The van der Waals surface area contributed by atoms with E-state index >= 15 is 0 Å². The normalized spacial score (nSPS) is 27.3. The SMILES string of the molecule is Cl[P+](C1CCCCC1)(C1CCCCC1)C1CCCCC1.[Pd]. The Morgan fingerprint density at radius 2 is 0.714 bits per heavy atom. The Labute approximate surface area is 151 Å².